The topological polar surface area (TPSA) is 158 Å². The van der Waals surface area contributed by atoms with E-state index in [0.29, 0.717) is 29.0 Å². The Balaban J connectivity index is 0.000000174. The van der Waals surface area contributed by atoms with Crippen molar-refractivity contribution in [1.29, 1.82) is 5.26 Å². The largest absolute Gasteiger partial charge is 0.478 e. The SMILES string of the molecule is C.Cn1ccc2cc(Nc3ncc(C4CC4)cc3C(=O)O)cc(-c3ccccc3C#N)c21.Cn1ccc2cc(Nc3ncc(C4CC4)cc3C(=O)O)cc(Br)c21. The number of carboxylic acid groups (broad SMARTS) is 2. The van der Waals surface area contributed by atoms with Crippen molar-refractivity contribution in [2.45, 2.75) is 44.9 Å². The molecule has 7 aromatic rings. The number of carbonyl (C=O) groups is 2. The molecular formula is C44H40BrN7O4. The van der Waals surface area contributed by atoms with Gasteiger partial charge in [0.2, 0.25) is 0 Å². The molecule has 0 spiro atoms. The summed E-state index contributed by atoms with van der Waals surface area (Å²) in [5.41, 5.74) is 8.29. The molecule has 12 heteroatoms. The first-order valence-corrected chi connectivity index (χ1v) is 18.7. The quantitative estimate of drug-likeness (QED) is 0.111. The number of hydrogen-bond acceptors (Lipinski definition) is 7. The number of carboxylic acids is 2. The summed E-state index contributed by atoms with van der Waals surface area (Å²) in [4.78, 5) is 32.3. The molecule has 2 aliphatic rings. The fourth-order valence-corrected chi connectivity index (χ4v) is 7.79. The molecule has 2 aliphatic carbocycles. The minimum atomic E-state index is -1.01. The number of hydrogen-bond donors (Lipinski definition) is 4. The van der Waals surface area contributed by atoms with Crippen molar-refractivity contribution in [3.8, 4) is 17.2 Å². The number of aromatic carboxylic acids is 2. The van der Waals surface area contributed by atoms with E-state index in [1.54, 1.807) is 30.6 Å². The van der Waals surface area contributed by atoms with Crippen LogP contribution < -0.4 is 10.6 Å². The molecule has 4 aromatic heterocycles. The van der Waals surface area contributed by atoms with Crippen LogP contribution in [-0.4, -0.2) is 41.3 Å². The third kappa shape index (κ3) is 7.59. The Bertz CT molecular complexity index is 2700. The summed E-state index contributed by atoms with van der Waals surface area (Å²) < 4.78 is 5.00. The van der Waals surface area contributed by atoms with Crippen LogP contribution in [0.2, 0.25) is 0 Å². The summed E-state index contributed by atoms with van der Waals surface area (Å²) in [6.07, 6.45) is 11.9. The molecule has 0 unspecified atom stereocenters. The Morgan fingerprint density at radius 3 is 1.75 bits per heavy atom. The van der Waals surface area contributed by atoms with Gasteiger partial charge >= 0.3 is 11.9 Å². The predicted octanol–water partition coefficient (Wildman–Crippen LogP) is 10.7. The lowest BCUT2D eigenvalue weighted by Crippen LogP contribution is -2.06. The zero-order valence-corrected chi connectivity index (χ0v) is 31.6. The Labute approximate surface area is 332 Å². The summed E-state index contributed by atoms with van der Waals surface area (Å²) in [7, 11) is 3.95. The highest BCUT2D eigenvalue weighted by molar-refractivity contribution is 9.10. The molecular weight excluding hydrogens is 770 g/mol. The van der Waals surface area contributed by atoms with Crippen molar-refractivity contribution >= 4 is 72.7 Å². The average molecular weight is 811 g/mol. The normalized spacial score (nSPS) is 13.3. The lowest BCUT2D eigenvalue weighted by molar-refractivity contribution is 0.0686. The van der Waals surface area contributed by atoms with Crippen molar-refractivity contribution < 1.29 is 19.8 Å². The van der Waals surface area contributed by atoms with E-state index in [4.69, 9.17) is 0 Å². The number of benzene rings is 3. The van der Waals surface area contributed by atoms with E-state index in [9.17, 15) is 25.1 Å². The van der Waals surface area contributed by atoms with E-state index in [2.05, 4.69) is 42.6 Å². The molecule has 0 atom stereocenters. The van der Waals surface area contributed by atoms with Gasteiger partial charge in [-0.25, -0.2) is 19.6 Å². The molecule has 0 saturated heterocycles. The lowest BCUT2D eigenvalue weighted by atomic mass is 9.97. The number of nitriles is 1. The molecule has 2 fully saturated rings. The third-order valence-electron chi connectivity index (χ3n) is 10.1. The number of rotatable bonds is 9. The number of nitrogens with zero attached hydrogens (tertiary/aromatic N) is 5. The highest BCUT2D eigenvalue weighted by atomic mass is 79.9. The van der Waals surface area contributed by atoms with Crippen LogP contribution in [-0.2, 0) is 14.1 Å². The van der Waals surface area contributed by atoms with Gasteiger partial charge in [0.25, 0.3) is 0 Å². The minimum absolute atomic E-state index is 0. The molecule has 0 amide bonds. The number of aromatic nitrogens is 4. The number of aryl methyl sites for hydroxylation is 2. The van der Waals surface area contributed by atoms with Crippen LogP contribution in [0, 0.1) is 11.3 Å². The molecule has 282 valence electrons. The number of halogens is 1. The molecule has 2 saturated carbocycles. The van der Waals surface area contributed by atoms with E-state index < -0.39 is 11.9 Å². The van der Waals surface area contributed by atoms with Gasteiger partial charge in [-0.05, 0) is 119 Å². The molecule has 4 N–H and O–H groups in total. The first-order valence-electron chi connectivity index (χ1n) is 17.9. The van der Waals surface area contributed by atoms with Gasteiger partial charge in [0, 0.05) is 76.6 Å². The smallest absolute Gasteiger partial charge is 0.339 e. The molecule has 11 nitrogen and oxygen atoms in total. The van der Waals surface area contributed by atoms with Crippen LogP contribution in [0.3, 0.4) is 0 Å². The van der Waals surface area contributed by atoms with Crippen LogP contribution in [0.4, 0.5) is 23.0 Å². The summed E-state index contributed by atoms with van der Waals surface area (Å²) in [6, 6.07) is 25.1. The zero-order valence-electron chi connectivity index (χ0n) is 30.0. The summed E-state index contributed by atoms with van der Waals surface area (Å²) in [6.45, 7) is 0. The number of anilines is 4. The summed E-state index contributed by atoms with van der Waals surface area (Å²) in [5, 5.41) is 37.3. The van der Waals surface area contributed by atoms with Crippen LogP contribution >= 0.6 is 15.9 Å². The maximum Gasteiger partial charge on any atom is 0.339 e. The van der Waals surface area contributed by atoms with Crippen molar-refractivity contribution in [1.82, 2.24) is 19.1 Å². The minimum Gasteiger partial charge on any atom is -0.478 e. The second-order valence-corrected chi connectivity index (χ2v) is 15.0. The standard InChI is InChI=1S/C25H20N4O2.C18H16BrN3O2.CH4/c1-29-9-8-16-10-19(12-21(23(16)29)20-5-3-2-4-17(20)13-26)28-24-22(25(30)31)11-18(14-27-24)15-6-7-15;1-22-5-4-11-6-13(8-15(19)16(11)22)21-17-14(18(23)24)7-12(9-20-17)10-2-3-10;/h2-5,8-12,14-15H,6-7H2,1H3,(H,27,28)(H,30,31);4-10H,2-3H2,1H3,(H,20,21)(H,23,24);1H4. The van der Waals surface area contributed by atoms with Gasteiger partial charge in [0.1, 0.15) is 22.8 Å². The second-order valence-electron chi connectivity index (χ2n) is 14.1. The maximum absolute atomic E-state index is 11.9. The van der Waals surface area contributed by atoms with E-state index in [1.165, 1.54) is 0 Å². The lowest BCUT2D eigenvalue weighted by Gasteiger charge is -2.14. The monoisotopic (exact) mass is 809 g/mol. The summed E-state index contributed by atoms with van der Waals surface area (Å²) in [5.74, 6) is -0.393. The molecule has 4 heterocycles. The molecule has 0 aliphatic heterocycles. The highest BCUT2D eigenvalue weighted by Gasteiger charge is 2.27. The highest BCUT2D eigenvalue weighted by Crippen LogP contribution is 2.42. The summed E-state index contributed by atoms with van der Waals surface area (Å²) >= 11 is 3.58. The number of fused-ring (bicyclic) bond motifs is 2. The third-order valence-corrected chi connectivity index (χ3v) is 10.7. The molecule has 9 rings (SSSR count). The van der Waals surface area contributed by atoms with Gasteiger partial charge in [-0.3, -0.25) is 0 Å². The average Bonchev–Trinajstić information content (AvgIpc) is 4.12. The van der Waals surface area contributed by atoms with Gasteiger partial charge in [-0.2, -0.15) is 5.26 Å². The van der Waals surface area contributed by atoms with Crippen molar-refractivity contribution in [3.63, 3.8) is 0 Å². The zero-order chi connectivity index (χ0) is 38.4. The maximum atomic E-state index is 11.9. The second kappa shape index (κ2) is 15.4. The Kier molecular flexibility index (Phi) is 10.4. The van der Waals surface area contributed by atoms with E-state index >= 15 is 0 Å². The van der Waals surface area contributed by atoms with E-state index in [-0.39, 0.29) is 18.6 Å². The predicted molar refractivity (Wildman–Crippen MR) is 223 cm³/mol. The van der Waals surface area contributed by atoms with Gasteiger partial charge in [0.05, 0.1) is 22.7 Å². The van der Waals surface area contributed by atoms with Gasteiger partial charge in [-0.1, -0.05) is 25.6 Å². The molecule has 0 bridgehead atoms. The van der Waals surface area contributed by atoms with E-state index in [1.807, 2.05) is 90.2 Å². The molecule has 3 aromatic carbocycles. The van der Waals surface area contributed by atoms with Crippen molar-refractivity contribution in [2.75, 3.05) is 10.6 Å². The Morgan fingerprint density at radius 1 is 0.732 bits per heavy atom. The van der Waals surface area contributed by atoms with Crippen LogP contribution in [0.1, 0.15) is 82.4 Å². The van der Waals surface area contributed by atoms with Gasteiger partial charge in [-0.15, -0.1) is 0 Å². The molecule has 0 radical (unpaired) electrons. The van der Waals surface area contributed by atoms with E-state index in [0.717, 1.165) is 85.6 Å². The Morgan fingerprint density at radius 2 is 1.23 bits per heavy atom. The van der Waals surface area contributed by atoms with Gasteiger partial charge < -0.3 is 30.0 Å². The number of nitrogens with one attached hydrogen (secondary N) is 2. The Hall–Kier alpha value is -6.45. The van der Waals surface area contributed by atoms with Crippen LogP contribution in [0.15, 0.2) is 102 Å². The first kappa shape index (κ1) is 37.8. The first-order chi connectivity index (χ1) is 26.6. The van der Waals surface area contributed by atoms with Crippen LogP contribution in [0.5, 0.6) is 0 Å². The fraction of sp³-hybridized carbons (Fsp3) is 0.205. The number of pyridine rings is 2. The van der Waals surface area contributed by atoms with Crippen molar-refractivity contribution in [2.24, 2.45) is 14.1 Å². The van der Waals surface area contributed by atoms with Crippen molar-refractivity contribution in [3.05, 3.63) is 130 Å². The molecule has 56 heavy (non-hydrogen) atoms. The fourth-order valence-electron chi connectivity index (χ4n) is 7.04. The van der Waals surface area contributed by atoms with Crippen LogP contribution in [0.25, 0.3) is 32.9 Å². The van der Waals surface area contributed by atoms with Gasteiger partial charge in [0.15, 0.2) is 0 Å².